The van der Waals surface area contributed by atoms with Gasteiger partial charge in [-0.3, -0.25) is 4.98 Å². The molecule has 0 aliphatic carbocycles. The van der Waals surface area contributed by atoms with E-state index in [9.17, 15) is 0 Å². The molecule has 0 atom stereocenters. The second-order valence-electron chi connectivity index (χ2n) is 4.84. The monoisotopic (exact) mass is 255 g/mol. The van der Waals surface area contributed by atoms with Crippen molar-refractivity contribution in [2.45, 2.75) is 18.9 Å². The SMILES string of the molecule is NC1CCN(c2ccc(-c3cccnc3)nn2)CC1. The number of piperidine rings is 1. The van der Waals surface area contributed by atoms with Gasteiger partial charge in [-0.15, -0.1) is 10.2 Å². The number of hydrogen-bond donors (Lipinski definition) is 1. The Labute approximate surface area is 112 Å². The van der Waals surface area contributed by atoms with Gasteiger partial charge in [0.2, 0.25) is 0 Å². The molecule has 3 rings (SSSR count). The van der Waals surface area contributed by atoms with Gasteiger partial charge in [0, 0.05) is 37.1 Å². The Balaban J connectivity index is 1.76. The van der Waals surface area contributed by atoms with Crippen LogP contribution in [0.2, 0.25) is 0 Å². The highest BCUT2D eigenvalue weighted by Gasteiger charge is 2.17. The van der Waals surface area contributed by atoms with E-state index in [0.29, 0.717) is 6.04 Å². The lowest BCUT2D eigenvalue weighted by molar-refractivity contribution is 0.497. The molecule has 1 aliphatic heterocycles. The summed E-state index contributed by atoms with van der Waals surface area (Å²) in [6, 6.07) is 8.23. The van der Waals surface area contributed by atoms with Gasteiger partial charge in [0.25, 0.3) is 0 Å². The molecule has 98 valence electrons. The van der Waals surface area contributed by atoms with Crippen LogP contribution in [0.4, 0.5) is 5.82 Å². The van der Waals surface area contributed by atoms with Gasteiger partial charge < -0.3 is 10.6 Å². The van der Waals surface area contributed by atoms with Crippen molar-refractivity contribution in [2.24, 2.45) is 5.73 Å². The summed E-state index contributed by atoms with van der Waals surface area (Å²) in [7, 11) is 0. The number of nitrogens with two attached hydrogens (primary N) is 1. The maximum Gasteiger partial charge on any atom is 0.151 e. The smallest absolute Gasteiger partial charge is 0.151 e. The number of rotatable bonds is 2. The van der Waals surface area contributed by atoms with Crippen LogP contribution >= 0.6 is 0 Å². The first kappa shape index (κ1) is 12.0. The number of aromatic nitrogens is 3. The predicted octanol–water partition coefficient (Wildman–Crippen LogP) is 1.47. The molecule has 2 aromatic rings. The minimum Gasteiger partial charge on any atom is -0.355 e. The van der Waals surface area contributed by atoms with Gasteiger partial charge >= 0.3 is 0 Å². The topological polar surface area (TPSA) is 67.9 Å². The zero-order valence-electron chi connectivity index (χ0n) is 10.7. The lowest BCUT2D eigenvalue weighted by atomic mass is 10.1. The maximum absolute atomic E-state index is 5.91. The van der Waals surface area contributed by atoms with Gasteiger partial charge in [-0.1, -0.05) is 0 Å². The van der Waals surface area contributed by atoms with Crippen LogP contribution in [0.1, 0.15) is 12.8 Å². The van der Waals surface area contributed by atoms with Crippen molar-refractivity contribution in [1.29, 1.82) is 0 Å². The lowest BCUT2D eigenvalue weighted by Gasteiger charge is -2.30. The third kappa shape index (κ3) is 2.71. The summed E-state index contributed by atoms with van der Waals surface area (Å²) in [6.45, 7) is 1.92. The fourth-order valence-corrected chi connectivity index (χ4v) is 2.29. The first-order valence-electron chi connectivity index (χ1n) is 6.57. The standard InChI is InChI=1S/C14H17N5/c15-12-5-8-19(9-6-12)14-4-3-13(17-18-14)11-2-1-7-16-10-11/h1-4,7,10,12H,5-6,8-9,15H2. The maximum atomic E-state index is 5.91. The minimum atomic E-state index is 0.332. The molecule has 19 heavy (non-hydrogen) atoms. The van der Waals surface area contributed by atoms with E-state index in [0.717, 1.165) is 43.0 Å². The third-order valence-electron chi connectivity index (χ3n) is 3.47. The van der Waals surface area contributed by atoms with Crippen molar-refractivity contribution in [2.75, 3.05) is 18.0 Å². The summed E-state index contributed by atoms with van der Waals surface area (Å²) in [4.78, 5) is 6.33. The average molecular weight is 255 g/mol. The lowest BCUT2D eigenvalue weighted by Crippen LogP contribution is -2.40. The van der Waals surface area contributed by atoms with E-state index in [1.807, 2.05) is 24.3 Å². The third-order valence-corrected chi connectivity index (χ3v) is 3.47. The molecule has 0 bridgehead atoms. The van der Waals surface area contributed by atoms with E-state index < -0.39 is 0 Å². The molecule has 0 unspecified atom stereocenters. The molecule has 2 N–H and O–H groups in total. The van der Waals surface area contributed by atoms with Crippen LogP contribution in [0, 0.1) is 0 Å². The minimum absolute atomic E-state index is 0.332. The zero-order chi connectivity index (χ0) is 13.1. The van der Waals surface area contributed by atoms with Crippen LogP contribution < -0.4 is 10.6 Å². The van der Waals surface area contributed by atoms with Crippen LogP contribution in [0.3, 0.4) is 0 Å². The second kappa shape index (κ2) is 5.32. The molecule has 0 saturated carbocycles. The fourth-order valence-electron chi connectivity index (χ4n) is 2.29. The summed E-state index contributed by atoms with van der Waals surface area (Å²) in [5, 5.41) is 8.59. The second-order valence-corrected chi connectivity index (χ2v) is 4.84. The Morgan fingerprint density at radius 2 is 1.95 bits per heavy atom. The van der Waals surface area contributed by atoms with Gasteiger partial charge in [-0.25, -0.2) is 0 Å². The summed E-state index contributed by atoms with van der Waals surface area (Å²) >= 11 is 0. The molecule has 3 heterocycles. The Morgan fingerprint density at radius 3 is 2.58 bits per heavy atom. The Hall–Kier alpha value is -2.01. The largest absolute Gasteiger partial charge is 0.355 e. The Bertz CT molecular complexity index is 517. The predicted molar refractivity (Wildman–Crippen MR) is 74.7 cm³/mol. The van der Waals surface area contributed by atoms with Crippen LogP contribution in [0.5, 0.6) is 0 Å². The molecule has 5 nitrogen and oxygen atoms in total. The van der Waals surface area contributed by atoms with Crippen molar-refractivity contribution in [1.82, 2.24) is 15.2 Å². The van der Waals surface area contributed by atoms with Gasteiger partial charge in [0.1, 0.15) is 0 Å². The summed E-state index contributed by atoms with van der Waals surface area (Å²) in [5.41, 5.74) is 7.75. The van der Waals surface area contributed by atoms with Crippen molar-refractivity contribution in [3.63, 3.8) is 0 Å². The molecule has 5 heteroatoms. The molecule has 0 amide bonds. The number of nitrogens with zero attached hydrogens (tertiary/aromatic N) is 4. The van der Waals surface area contributed by atoms with E-state index in [-0.39, 0.29) is 0 Å². The molecule has 1 fully saturated rings. The molecule has 1 saturated heterocycles. The molecular formula is C14H17N5. The van der Waals surface area contributed by atoms with Gasteiger partial charge in [-0.05, 0) is 37.1 Å². The van der Waals surface area contributed by atoms with Crippen molar-refractivity contribution < 1.29 is 0 Å². The molecule has 1 aliphatic rings. The quantitative estimate of drug-likeness (QED) is 0.880. The molecule has 2 aromatic heterocycles. The molecule has 0 aromatic carbocycles. The normalized spacial score (nSPS) is 16.6. The van der Waals surface area contributed by atoms with Crippen molar-refractivity contribution >= 4 is 5.82 Å². The van der Waals surface area contributed by atoms with E-state index in [1.54, 1.807) is 12.4 Å². The van der Waals surface area contributed by atoms with E-state index >= 15 is 0 Å². The van der Waals surface area contributed by atoms with Crippen LogP contribution in [-0.2, 0) is 0 Å². The highest BCUT2D eigenvalue weighted by molar-refractivity contribution is 5.58. The van der Waals surface area contributed by atoms with E-state index in [2.05, 4.69) is 20.1 Å². The van der Waals surface area contributed by atoms with Gasteiger partial charge in [-0.2, -0.15) is 0 Å². The number of pyridine rings is 1. The zero-order valence-corrected chi connectivity index (χ0v) is 10.7. The number of hydrogen-bond acceptors (Lipinski definition) is 5. The van der Waals surface area contributed by atoms with E-state index in [4.69, 9.17) is 5.73 Å². The Kier molecular flexibility index (Phi) is 3.37. The molecular weight excluding hydrogens is 238 g/mol. The summed E-state index contributed by atoms with van der Waals surface area (Å²) in [6.07, 6.45) is 5.59. The van der Waals surface area contributed by atoms with Crippen LogP contribution in [0.15, 0.2) is 36.7 Å². The van der Waals surface area contributed by atoms with Crippen molar-refractivity contribution in [3.05, 3.63) is 36.7 Å². The van der Waals surface area contributed by atoms with Gasteiger partial charge in [0.05, 0.1) is 5.69 Å². The fraction of sp³-hybridized carbons (Fsp3) is 0.357. The summed E-state index contributed by atoms with van der Waals surface area (Å²) in [5.74, 6) is 0.930. The van der Waals surface area contributed by atoms with Gasteiger partial charge in [0.15, 0.2) is 5.82 Å². The number of anilines is 1. The highest BCUT2D eigenvalue weighted by atomic mass is 15.3. The first-order valence-corrected chi connectivity index (χ1v) is 6.57. The van der Waals surface area contributed by atoms with Crippen LogP contribution in [-0.4, -0.2) is 34.3 Å². The van der Waals surface area contributed by atoms with Crippen molar-refractivity contribution in [3.8, 4) is 11.3 Å². The van der Waals surface area contributed by atoms with Crippen LogP contribution in [0.25, 0.3) is 11.3 Å². The first-order chi connectivity index (χ1) is 9.33. The average Bonchev–Trinajstić information content (AvgIpc) is 2.49. The Morgan fingerprint density at radius 1 is 1.11 bits per heavy atom. The molecule has 0 spiro atoms. The highest BCUT2D eigenvalue weighted by Crippen LogP contribution is 2.19. The summed E-state index contributed by atoms with van der Waals surface area (Å²) < 4.78 is 0. The molecule has 0 radical (unpaired) electrons. The van der Waals surface area contributed by atoms with E-state index in [1.165, 1.54) is 0 Å².